The van der Waals surface area contributed by atoms with Crippen molar-refractivity contribution in [1.29, 1.82) is 0 Å². The largest absolute Gasteiger partial charge is 0.456 e. The van der Waals surface area contributed by atoms with E-state index in [0.29, 0.717) is 0 Å². The minimum absolute atomic E-state index is 0.0363. The van der Waals surface area contributed by atoms with Crippen molar-refractivity contribution >= 4 is 121 Å². The molecule has 5 nitrogen and oxygen atoms in total. The fourth-order valence-corrected chi connectivity index (χ4v) is 10.6. The summed E-state index contributed by atoms with van der Waals surface area (Å²) in [5.74, 6) is 0. The van der Waals surface area contributed by atoms with Gasteiger partial charge in [0.25, 0.3) is 0 Å². The van der Waals surface area contributed by atoms with Gasteiger partial charge in [0.1, 0.15) is 33.5 Å². The molecule has 0 aliphatic rings. The molecule has 0 saturated carbocycles. The minimum atomic E-state index is 0.0363. The molecule has 3 heterocycles. The number of para-hydroxylation sites is 2. The highest BCUT2D eigenvalue weighted by atomic mass is 16.3. The van der Waals surface area contributed by atoms with Gasteiger partial charge in [-0.05, 0) is 171 Å². The maximum absolute atomic E-state index is 6.87. The summed E-state index contributed by atoms with van der Waals surface area (Å²) in [7, 11) is 0. The van der Waals surface area contributed by atoms with Gasteiger partial charge >= 0.3 is 0 Å². The molecule has 0 saturated heterocycles. The lowest BCUT2D eigenvalue weighted by Gasteiger charge is -2.29. The van der Waals surface area contributed by atoms with Crippen LogP contribution in [0.5, 0.6) is 0 Å². The fraction of sp³-hybridized carbons (Fsp3) is 0.138. The number of aryl methyl sites for hydroxylation is 1. The highest BCUT2D eigenvalue weighted by Crippen LogP contribution is 2.45. The van der Waals surface area contributed by atoms with Crippen molar-refractivity contribution in [3.05, 3.63) is 205 Å². The molecule has 13 aromatic rings. The number of hydrogen-bond donors (Lipinski definition) is 0. The Kier molecular flexibility index (Phi) is 9.19. The Morgan fingerprint density at radius 3 is 1.31 bits per heavy atom. The van der Waals surface area contributed by atoms with Gasteiger partial charge in [0.05, 0.1) is 0 Å². The van der Waals surface area contributed by atoms with Crippen molar-refractivity contribution in [2.45, 2.75) is 59.3 Å². The van der Waals surface area contributed by atoms with Crippen LogP contribution in [0.25, 0.3) is 87.4 Å². The molecule has 0 aliphatic carbocycles. The van der Waals surface area contributed by atoms with Crippen LogP contribution in [0, 0.1) is 6.92 Å². The highest BCUT2D eigenvalue weighted by Gasteiger charge is 2.23. The quantitative estimate of drug-likeness (QED) is 0.166. The van der Waals surface area contributed by atoms with Gasteiger partial charge < -0.3 is 23.1 Å². The molecule has 0 atom stereocenters. The van der Waals surface area contributed by atoms with Crippen LogP contribution in [0.2, 0.25) is 0 Å². The van der Waals surface area contributed by atoms with Gasteiger partial charge in [-0.15, -0.1) is 0 Å². The standard InChI is InChI=1S/C65H52N2O3/c1-39-52-38-63-54(34-41(52)17-29-57(39)67(46-25-20-44(21-26-46)65(5,6)7)49-28-31-61-56(37-49)51-13-9-11-15-59(51)69-61)53-33-40-16-22-47(32-42(40)35-62(53)70-63)66(45-23-18-43(19-24-45)64(2,3)4)48-27-30-60-55(36-48)50-12-8-10-14-58(50)68-60/h8-38H,1-7H3. The molecule has 70 heavy (non-hydrogen) atoms. The fourth-order valence-electron chi connectivity index (χ4n) is 10.6. The Labute approximate surface area is 406 Å². The van der Waals surface area contributed by atoms with Crippen molar-refractivity contribution < 1.29 is 13.3 Å². The molecule has 13 rings (SSSR count). The van der Waals surface area contributed by atoms with Crippen molar-refractivity contribution in [2.24, 2.45) is 0 Å². The number of anilines is 6. The molecular weight excluding hydrogens is 857 g/mol. The average molecular weight is 909 g/mol. The first-order valence-electron chi connectivity index (χ1n) is 24.3. The molecule has 0 spiro atoms. The van der Waals surface area contributed by atoms with Gasteiger partial charge in [0.15, 0.2) is 0 Å². The number of benzene rings is 10. The summed E-state index contributed by atoms with van der Waals surface area (Å²) in [6.45, 7) is 15.8. The Bertz CT molecular complexity index is 4210. The molecule has 0 N–H and O–H groups in total. The third-order valence-electron chi connectivity index (χ3n) is 14.5. The topological polar surface area (TPSA) is 45.9 Å². The van der Waals surface area contributed by atoms with E-state index in [9.17, 15) is 0 Å². The van der Waals surface area contributed by atoms with Crippen LogP contribution in [0.4, 0.5) is 34.1 Å². The Hall–Kier alpha value is -8.28. The predicted octanol–water partition coefficient (Wildman–Crippen LogP) is 19.5. The zero-order chi connectivity index (χ0) is 47.6. The van der Waals surface area contributed by atoms with Crippen LogP contribution in [0.15, 0.2) is 201 Å². The maximum Gasteiger partial charge on any atom is 0.136 e. The summed E-state index contributed by atoms with van der Waals surface area (Å²) in [6, 6.07) is 68.0. The lowest BCUT2D eigenvalue weighted by Crippen LogP contribution is -2.14. The summed E-state index contributed by atoms with van der Waals surface area (Å²) in [5, 5.41) is 11.2. The second kappa shape index (κ2) is 15.4. The lowest BCUT2D eigenvalue weighted by molar-refractivity contribution is 0.590. The van der Waals surface area contributed by atoms with Crippen LogP contribution in [0.3, 0.4) is 0 Å². The number of hydrogen-bond acceptors (Lipinski definition) is 5. The molecule has 5 heteroatoms. The Morgan fingerprint density at radius 2 is 0.729 bits per heavy atom. The van der Waals surface area contributed by atoms with E-state index in [4.69, 9.17) is 13.3 Å². The van der Waals surface area contributed by atoms with Gasteiger partial charge in [0, 0.05) is 66.4 Å². The normalized spacial score (nSPS) is 12.5. The summed E-state index contributed by atoms with van der Waals surface area (Å²) < 4.78 is 19.4. The molecule has 0 radical (unpaired) electrons. The third kappa shape index (κ3) is 6.82. The molecule has 0 bridgehead atoms. The first-order valence-corrected chi connectivity index (χ1v) is 24.3. The predicted molar refractivity (Wildman–Crippen MR) is 295 cm³/mol. The van der Waals surface area contributed by atoms with Gasteiger partial charge in [-0.2, -0.15) is 0 Å². The van der Waals surface area contributed by atoms with Crippen LogP contribution in [-0.2, 0) is 10.8 Å². The molecule has 3 aromatic heterocycles. The summed E-state index contributed by atoms with van der Waals surface area (Å²) in [6.07, 6.45) is 0. The van der Waals surface area contributed by atoms with Crippen LogP contribution in [0.1, 0.15) is 58.2 Å². The van der Waals surface area contributed by atoms with E-state index in [1.807, 2.05) is 24.3 Å². The van der Waals surface area contributed by atoms with Crippen LogP contribution in [-0.4, -0.2) is 0 Å². The molecule has 0 fully saturated rings. The molecule has 0 unspecified atom stereocenters. The summed E-state index contributed by atoms with van der Waals surface area (Å²) >= 11 is 0. The third-order valence-corrected chi connectivity index (χ3v) is 14.5. The van der Waals surface area contributed by atoms with Crippen molar-refractivity contribution in [2.75, 3.05) is 9.80 Å². The smallest absolute Gasteiger partial charge is 0.136 e. The SMILES string of the molecule is Cc1c(N(c2ccc(C(C)(C)C)cc2)c2ccc3oc4ccccc4c3c2)ccc2cc3c(cc12)oc1cc2cc(N(c4ccc(C(C)(C)C)cc4)c4ccc5oc6ccccc6c5c4)ccc2cc13. The van der Waals surface area contributed by atoms with Gasteiger partial charge in [-0.3, -0.25) is 0 Å². The summed E-state index contributed by atoms with van der Waals surface area (Å²) in [5.41, 5.74) is 15.6. The average Bonchev–Trinajstić information content (AvgIpc) is 4.04. The van der Waals surface area contributed by atoms with Crippen molar-refractivity contribution in [3.63, 3.8) is 0 Å². The first kappa shape index (κ1) is 41.9. The molecule has 10 aromatic carbocycles. The van der Waals surface area contributed by atoms with E-state index >= 15 is 0 Å². The number of rotatable bonds is 6. The lowest BCUT2D eigenvalue weighted by atomic mass is 9.87. The maximum atomic E-state index is 6.87. The molecular formula is C65H52N2O3. The van der Waals surface area contributed by atoms with E-state index < -0.39 is 0 Å². The zero-order valence-electron chi connectivity index (χ0n) is 40.5. The van der Waals surface area contributed by atoms with Gasteiger partial charge in [0.2, 0.25) is 0 Å². The molecule has 0 amide bonds. The summed E-state index contributed by atoms with van der Waals surface area (Å²) in [4.78, 5) is 4.73. The number of fused-ring (bicyclic) bond motifs is 11. The van der Waals surface area contributed by atoms with Crippen LogP contribution >= 0.6 is 0 Å². The van der Waals surface area contributed by atoms with Crippen molar-refractivity contribution in [1.82, 2.24) is 0 Å². The van der Waals surface area contributed by atoms with E-state index in [-0.39, 0.29) is 10.8 Å². The molecule has 0 aliphatic heterocycles. The van der Waals surface area contributed by atoms with E-state index in [1.165, 1.54) is 22.1 Å². The van der Waals surface area contributed by atoms with Gasteiger partial charge in [-0.1, -0.05) is 114 Å². The van der Waals surface area contributed by atoms with E-state index in [0.717, 1.165) is 116 Å². The number of nitrogens with zero attached hydrogens (tertiary/aromatic N) is 2. The number of furan rings is 3. The second-order valence-corrected chi connectivity index (χ2v) is 21.1. The Balaban J connectivity index is 0.932. The minimum Gasteiger partial charge on any atom is -0.456 e. The van der Waals surface area contributed by atoms with E-state index in [1.54, 1.807) is 0 Å². The zero-order valence-corrected chi connectivity index (χ0v) is 40.5. The first-order chi connectivity index (χ1) is 33.8. The van der Waals surface area contributed by atoms with Crippen molar-refractivity contribution in [3.8, 4) is 0 Å². The highest BCUT2D eigenvalue weighted by molar-refractivity contribution is 6.15. The van der Waals surface area contributed by atoms with Gasteiger partial charge in [-0.25, -0.2) is 0 Å². The second-order valence-electron chi connectivity index (χ2n) is 21.1. The monoisotopic (exact) mass is 908 g/mol. The molecule has 340 valence electrons. The Morgan fingerprint density at radius 1 is 0.300 bits per heavy atom. The van der Waals surface area contributed by atoms with E-state index in [2.05, 4.69) is 222 Å². The van der Waals surface area contributed by atoms with Crippen LogP contribution < -0.4 is 9.80 Å².